The Balaban J connectivity index is 1.77. The fourth-order valence-corrected chi connectivity index (χ4v) is 5.53. The molecule has 0 aliphatic carbocycles. The molecule has 8 nitrogen and oxygen atoms in total. The first kappa shape index (κ1) is 21.0. The van der Waals surface area contributed by atoms with Crippen molar-refractivity contribution in [1.29, 1.82) is 0 Å². The van der Waals surface area contributed by atoms with Gasteiger partial charge in [0, 0.05) is 32.7 Å². The molecule has 2 aromatic rings. The molecule has 0 spiro atoms. The van der Waals surface area contributed by atoms with Crippen LogP contribution in [0.1, 0.15) is 36.5 Å². The molecule has 0 radical (unpaired) electrons. The summed E-state index contributed by atoms with van der Waals surface area (Å²) >= 11 is 0. The van der Waals surface area contributed by atoms with Crippen molar-refractivity contribution >= 4 is 15.9 Å². The van der Waals surface area contributed by atoms with Crippen molar-refractivity contribution < 1.29 is 13.2 Å². The number of aromatic nitrogens is 2. The molecule has 1 fully saturated rings. The van der Waals surface area contributed by atoms with Gasteiger partial charge in [-0.05, 0) is 31.5 Å². The smallest absolute Gasteiger partial charge is 0.274 e. The zero-order valence-electron chi connectivity index (χ0n) is 17.8. The van der Waals surface area contributed by atoms with Gasteiger partial charge in [0.25, 0.3) is 5.91 Å². The molecule has 0 bridgehead atoms. The maximum Gasteiger partial charge on any atom is 0.274 e. The Morgan fingerprint density at radius 1 is 1.13 bits per heavy atom. The fourth-order valence-electron chi connectivity index (χ4n) is 3.94. The number of carbonyl (C=O) groups is 1. The summed E-state index contributed by atoms with van der Waals surface area (Å²) in [6.45, 7) is 7.62. The van der Waals surface area contributed by atoms with Crippen LogP contribution in [0.4, 0.5) is 0 Å². The van der Waals surface area contributed by atoms with Crippen LogP contribution in [-0.4, -0.2) is 77.8 Å². The van der Waals surface area contributed by atoms with Gasteiger partial charge in [-0.2, -0.15) is 4.31 Å². The normalized spacial score (nSPS) is 19.4. The zero-order valence-corrected chi connectivity index (χ0v) is 18.6. The van der Waals surface area contributed by atoms with E-state index in [1.165, 1.54) is 4.31 Å². The fraction of sp³-hybridized carbons (Fsp3) is 0.524. The maximum absolute atomic E-state index is 13.4. The van der Waals surface area contributed by atoms with Crippen molar-refractivity contribution in [3.63, 3.8) is 0 Å². The predicted molar refractivity (Wildman–Crippen MR) is 114 cm³/mol. The third-order valence-electron chi connectivity index (χ3n) is 5.88. The summed E-state index contributed by atoms with van der Waals surface area (Å²) in [5.41, 5.74) is 1.53. The van der Waals surface area contributed by atoms with E-state index in [0.29, 0.717) is 42.6 Å². The number of imidazole rings is 1. The Morgan fingerprint density at radius 2 is 1.83 bits per heavy atom. The molecule has 1 saturated heterocycles. The Hall–Kier alpha value is -2.23. The second-order valence-electron chi connectivity index (χ2n) is 8.49. The highest BCUT2D eigenvalue weighted by molar-refractivity contribution is 7.89. The molecular formula is C21H29N5O3S. The van der Waals surface area contributed by atoms with Crippen molar-refractivity contribution in [3.05, 3.63) is 42.0 Å². The lowest BCUT2D eigenvalue weighted by molar-refractivity contribution is 0.0656. The van der Waals surface area contributed by atoms with Crippen LogP contribution in [0.25, 0.3) is 5.69 Å². The summed E-state index contributed by atoms with van der Waals surface area (Å²) in [7, 11) is -1.63. The summed E-state index contributed by atoms with van der Waals surface area (Å²) in [6.07, 6.45) is 2.33. The van der Waals surface area contributed by atoms with E-state index in [0.717, 1.165) is 19.5 Å². The van der Waals surface area contributed by atoms with Gasteiger partial charge in [-0.3, -0.25) is 9.36 Å². The summed E-state index contributed by atoms with van der Waals surface area (Å²) in [4.78, 5) is 22.0. The molecule has 0 N–H and O–H groups in total. The number of amides is 1. The van der Waals surface area contributed by atoms with Crippen LogP contribution in [0.5, 0.6) is 0 Å². The number of nitrogens with zero attached hydrogens (tertiary/aromatic N) is 5. The predicted octanol–water partition coefficient (Wildman–Crippen LogP) is 1.81. The Labute approximate surface area is 178 Å². The number of hydrogen-bond acceptors (Lipinski definition) is 5. The van der Waals surface area contributed by atoms with Crippen LogP contribution in [-0.2, 0) is 16.6 Å². The first-order valence-corrected chi connectivity index (χ1v) is 11.9. The number of carbonyl (C=O) groups excluding carboxylic acids is 1. The summed E-state index contributed by atoms with van der Waals surface area (Å²) < 4.78 is 30.1. The van der Waals surface area contributed by atoms with E-state index in [9.17, 15) is 13.2 Å². The number of hydrogen-bond donors (Lipinski definition) is 0. The summed E-state index contributed by atoms with van der Waals surface area (Å²) in [6, 6.07) is 6.94. The summed E-state index contributed by atoms with van der Waals surface area (Å²) in [5.74, 6) is 0.243. The van der Waals surface area contributed by atoms with E-state index in [1.807, 2.05) is 18.0 Å². The molecule has 4 rings (SSSR count). The zero-order chi connectivity index (χ0) is 21.5. The monoisotopic (exact) mass is 431 g/mol. The van der Waals surface area contributed by atoms with Gasteiger partial charge in [-0.1, -0.05) is 26.0 Å². The van der Waals surface area contributed by atoms with Gasteiger partial charge in [-0.25, -0.2) is 13.4 Å². The molecule has 0 saturated carbocycles. The van der Waals surface area contributed by atoms with Gasteiger partial charge < -0.3 is 9.80 Å². The van der Waals surface area contributed by atoms with E-state index < -0.39 is 10.0 Å². The van der Waals surface area contributed by atoms with Gasteiger partial charge in [0.05, 0.1) is 17.9 Å². The van der Waals surface area contributed by atoms with Crippen LogP contribution < -0.4 is 0 Å². The second-order valence-corrected chi connectivity index (χ2v) is 10.4. The molecule has 1 amide bonds. The Morgan fingerprint density at radius 3 is 2.53 bits per heavy atom. The second kappa shape index (κ2) is 8.13. The average Bonchev–Trinajstić information content (AvgIpc) is 3.10. The third kappa shape index (κ3) is 3.77. The molecule has 2 aliphatic rings. The lowest BCUT2D eigenvalue weighted by Crippen LogP contribution is -2.47. The number of rotatable bonds is 4. The van der Waals surface area contributed by atoms with E-state index in [2.05, 4.69) is 23.7 Å². The quantitative estimate of drug-likeness (QED) is 0.738. The lowest BCUT2D eigenvalue weighted by Gasteiger charge is -2.32. The molecule has 9 heteroatoms. The van der Waals surface area contributed by atoms with Crippen molar-refractivity contribution in [3.8, 4) is 5.69 Å². The standard InChI is InChI=1S/C21H29N5O3S/c1-16(2)8-9-25-14-18-20(21(27)24-12-10-23(3)11-13-24)22-15-26(18)17-6-4-5-7-19(17)30(25,28)29/h4-7,15-16H,8-14H2,1-3H3. The summed E-state index contributed by atoms with van der Waals surface area (Å²) in [5, 5.41) is 0. The third-order valence-corrected chi connectivity index (χ3v) is 7.78. The minimum Gasteiger partial charge on any atom is -0.335 e. The van der Waals surface area contributed by atoms with Crippen molar-refractivity contribution in [2.24, 2.45) is 5.92 Å². The molecule has 1 aromatic heterocycles. The lowest BCUT2D eigenvalue weighted by atomic mass is 10.1. The van der Waals surface area contributed by atoms with Gasteiger partial charge in [0.1, 0.15) is 11.2 Å². The Bertz CT molecular complexity index is 1040. The van der Waals surface area contributed by atoms with Crippen LogP contribution in [0, 0.1) is 5.92 Å². The first-order chi connectivity index (χ1) is 14.3. The number of fused-ring (bicyclic) bond motifs is 3. The van der Waals surface area contributed by atoms with Gasteiger partial charge in [-0.15, -0.1) is 0 Å². The van der Waals surface area contributed by atoms with Gasteiger partial charge in [0.2, 0.25) is 10.0 Å². The number of likely N-dealkylation sites (N-methyl/N-ethyl adjacent to an activating group) is 1. The maximum atomic E-state index is 13.4. The van der Waals surface area contributed by atoms with Gasteiger partial charge in [0.15, 0.2) is 5.69 Å². The van der Waals surface area contributed by atoms with Crippen LogP contribution in [0.3, 0.4) is 0 Å². The Kier molecular flexibility index (Phi) is 5.69. The molecule has 0 atom stereocenters. The SMILES string of the molecule is CC(C)CCN1Cc2c(C(=O)N3CCN(C)CC3)ncn2-c2ccccc2S1(=O)=O. The number of para-hydroxylation sites is 1. The number of sulfonamides is 1. The van der Waals surface area contributed by atoms with E-state index in [-0.39, 0.29) is 17.3 Å². The highest BCUT2D eigenvalue weighted by Gasteiger charge is 2.35. The van der Waals surface area contributed by atoms with Crippen molar-refractivity contribution in [1.82, 2.24) is 23.7 Å². The first-order valence-electron chi connectivity index (χ1n) is 10.4. The molecule has 3 heterocycles. The molecule has 2 aliphatic heterocycles. The number of benzene rings is 1. The number of piperazine rings is 1. The van der Waals surface area contributed by atoms with Crippen molar-refractivity contribution in [2.75, 3.05) is 39.8 Å². The molecule has 0 unspecified atom stereocenters. The largest absolute Gasteiger partial charge is 0.335 e. The molecule has 30 heavy (non-hydrogen) atoms. The van der Waals surface area contributed by atoms with Crippen LogP contribution in [0.15, 0.2) is 35.5 Å². The highest BCUT2D eigenvalue weighted by Crippen LogP contribution is 2.32. The molecular weight excluding hydrogens is 402 g/mol. The van der Waals surface area contributed by atoms with E-state index in [1.54, 1.807) is 29.1 Å². The van der Waals surface area contributed by atoms with Crippen LogP contribution >= 0.6 is 0 Å². The highest BCUT2D eigenvalue weighted by atomic mass is 32.2. The van der Waals surface area contributed by atoms with E-state index in [4.69, 9.17) is 0 Å². The molecule has 1 aromatic carbocycles. The minimum atomic E-state index is -3.67. The molecule has 162 valence electrons. The van der Waals surface area contributed by atoms with Gasteiger partial charge >= 0.3 is 0 Å². The van der Waals surface area contributed by atoms with Crippen LogP contribution in [0.2, 0.25) is 0 Å². The minimum absolute atomic E-state index is 0.127. The average molecular weight is 432 g/mol. The van der Waals surface area contributed by atoms with Crippen molar-refractivity contribution in [2.45, 2.75) is 31.7 Å². The van der Waals surface area contributed by atoms with E-state index >= 15 is 0 Å². The topological polar surface area (TPSA) is 78.8 Å².